The summed E-state index contributed by atoms with van der Waals surface area (Å²) >= 11 is 0. The maximum atomic E-state index is 2.39. The molecule has 0 amide bonds. The van der Waals surface area contributed by atoms with Gasteiger partial charge in [-0.1, -0.05) is 29.8 Å². The maximum absolute atomic E-state index is 2.39. The number of aryl methyl sites for hydroxylation is 1. The van der Waals surface area contributed by atoms with Gasteiger partial charge in [-0.05, 0) is 26.6 Å². The number of nitrogens with zero attached hydrogens (tertiary/aromatic N) is 2. The van der Waals surface area contributed by atoms with E-state index >= 15 is 0 Å². The fourth-order valence-corrected chi connectivity index (χ4v) is 2.14. The van der Waals surface area contributed by atoms with Gasteiger partial charge in [-0.3, -0.25) is 9.80 Å². The van der Waals surface area contributed by atoms with E-state index in [-0.39, 0.29) is 0 Å². The van der Waals surface area contributed by atoms with Crippen molar-refractivity contribution in [2.45, 2.75) is 13.1 Å². The third-order valence-corrected chi connectivity index (χ3v) is 3.02. The molecule has 76 valence electrons. The predicted octanol–water partition coefficient (Wildman–Crippen LogP) is 1.87. The molecule has 0 atom stereocenters. The van der Waals surface area contributed by atoms with E-state index in [9.17, 15) is 0 Å². The van der Waals surface area contributed by atoms with E-state index < -0.39 is 0 Å². The number of benzene rings is 1. The lowest BCUT2D eigenvalue weighted by atomic mass is 10.1. The van der Waals surface area contributed by atoms with Crippen LogP contribution in [0.2, 0.25) is 0 Å². The van der Waals surface area contributed by atoms with Crippen LogP contribution >= 0.6 is 0 Å². The second kappa shape index (κ2) is 3.71. The highest BCUT2D eigenvalue weighted by Gasteiger charge is 2.27. The van der Waals surface area contributed by atoms with E-state index in [1.807, 2.05) is 0 Å². The molecular weight excluding hydrogens is 172 g/mol. The van der Waals surface area contributed by atoms with Crippen LogP contribution in [0.4, 0.5) is 0 Å². The monoisotopic (exact) mass is 190 g/mol. The van der Waals surface area contributed by atoms with E-state index in [2.05, 4.69) is 55.1 Å². The van der Waals surface area contributed by atoms with Crippen molar-refractivity contribution in [2.75, 3.05) is 27.2 Å². The average molecular weight is 190 g/mol. The van der Waals surface area contributed by atoms with E-state index in [1.165, 1.54) is 11.1 Å². The molecular formula is C12H18N2. The summed E-state index contributed by atoms with van der Waals surface area (Å²) in [7, 11) is 4.38. The first kappa shape index (κ1) is 9.69. The molecule has 0 radical (unpaired) electrons. The van der Waals surface area contributed by atoms with Crippen LogP contribution in [0.1, 0.15) is 17.3 Å². The Kier molecular flexibility index (Phi) is 2.57. The Morgan fingerprint density at radius 1 is 1.00 bits per heavy atom. The van der Waals surface area contributed by atoms with E-state index in [1.54, 1.807) is 0 Å². The van der Waals surface area contributed by atoms with Crippen LogP contribution in [0.15, 0.2) is 24.3 Å². The summed E-state index contributed by atoms with van der Waals surface area (Å²) in [6.45, 7) is 4.45. The van der Waals surface area contributed by atoms with Crippen molar-refractivity contribution in [3.05, 3.63) is 35.4 Å². The number of hydrogen-bond acceptors (Lipinski definition) is 2. The molecule has 0 unspecified atom stereocenters. The van der Waals surface area contributed by atoms with Crippen LogP contribution in [0, 0.1) is 6.92 Å². The van der Waals surface area contributed by atoms with Gasteiger partial charge in [0.05, 0.1) is 6.17 Å². The second-order valence-electron chi connectivity index (χ2n) is 4.25. The van der Waals surface area contributed by atoms with Crippen LogP contribution in [-0.4, -0.2) is 37.0 Å². The molecule has 1 aromatic rings. The minimum atomic E-state index is 0.468. The molecule has 1 heterocycles. The first-order valence-corrected chi connectivity index (χ1v) is 5.15. The average Bonchev–Trinajstić information content (AvgIpc) is 2.49. The second-order valence-corrected chi connectivity index (χ2v) is 4.25. The molecule has 1 aliphatic rings. The van der Waals surface area contributed by atoms with Crippen molar-refractivity contribution in [3.63, 3.8) is 0 Å². The number of likely N-dealkylation sites (N-methyl/N-ethyl adjacent to an activating group) is 2. The summed E-state index contributed by atoms with van der Waals surface area (Å²) in [5.74, 6) is 0. The highest BCUT2D eigenvalue weighted by atomic mass is 15.4. The van der Waals surface area contributed by atoms with Gasteiger partial charge < -0.3 is 0 Å². The third-order valence-electron chi connectivity index (χ3n) is 3.02. The van der Waals surface area contributed by atoms with Crippen molar-refractivity contribution in [3.8, 4) is 0 Å². The fourth-order valence-electron chi connectivity index (χ4n) is 2.14. The lowest BCUT2D eigenvalue weighted by Crippen LogP contribution is -2.25. The molecule has 0 aromatic heterocycles. The zero-order chi connectivity index (χ0) is 10.1. The van der Waals surface area contributed by atoms with Gasteiger partial charge in [-0.2, -0.15) is 0 Å². The highest BCUT2D eigenvalue weighted by Crippen LogP contribution is 2.26. The molecule has 0 spiro atoms. The Bertz CT molecular complexity index is 295. The van der Waals surface area contributed by atoms with Gasteiger partial charge in [0.15, 0.2) is 0 Å². The van der Waals surface area contributed by atoms with Crippen LogP contribution in [-0.2, 0) is 0 Å². The first-order chi connectivity index (χ1) is 6.68. The molecule has 2 rings (SSSR count). The van der Waals surface area contributed by atoms with Crippen LogP contribution in [0.5, 0.6) is 0 Å². The predicted molar refractivity (Wildman–Crippen MR) is 59.2 cm³/mol. The minimum Gasteiger partial charge on any atom is -0.286 e. The van der Waals surface area contributed by atoms with Gasteiger partial charge in [0, 0.05) is 13.1 Å². The number of hydrogen-bond donors (Lipinski definition) is 0. The standard InChI is InChI=1S/C12H18N2/c1-10-4-6-11(7-5-10)12-13(2)8-9-14(12)3/h4-7,12H,8-9H2,1-3H3. The van der Waals surface area contributed by atoms with Crippen LogP contribution < -0.4 is 0 Å². The maximum Gasteiger partial charge on any atom is 0.0882 e. The molecule has 0 bridgehead atoms. The molecule has 14 heavy (non-hydrogen) atoms. The van der Waals surface area contributed by atoms with Crippen molar-refractivity contribution >= 4 is 0 Å². The molecule has 1 saturated heterocycles. The summed E-state index contributed by atoms with van der Waals surface area (Å²) in [6.07, 6.45) is 0.468. The third kappa shape index (κ3) is 1.68. The van der Waals surface area contributed by atoms with Crippen molar-refractivity contribution in [1.29, 1.82) is 0 Å². The van der Waals surface area contributed by atoms with Gasteiger partial charge in [-0.25, -0.2) is 0 Å². The van der Waals surface area contributed by atoms with Gasteiger partial charge in [0.25, 0.3) is 0 Å². The van der Waals surface area contributed by atoms with Gasteiger partial charge in [-0.15, -0.1) is 0 Å². The van der Waals surface area contributed by atoms with E-state index in [0.717, 1.165) is 13.1 Å². The Morgan fingerprint density at radius 3 is 2.00 bits per heavy atom. The Morgan fingerprint density at radius 2 is 1.50 bits per heavy atom. The normalized spacial score (nSPS) is 20.5. The topological polar surface area (TPSA) is 6.48 Å². The van der Waals surface area contributed by atoms with Crippen LogP contribution in [0.3, 0.4) is 0 Å². The van der Waals surface area contributed by atoms with E-state index in [0.29, 0.717) is 6.17 Å². The molecule has 2 nitrogen and oxygen atoms in total. The van der Waals surface area contributed by atoms with Crippen molar-refractivity contribution < 1.29 is 0 Å². The molecule has 0 saturated carbocycles. The molecule has 2 heteroatoms. The highest BCUT2D eigenvalue weighted by molar-refractivity contribution is 5.24. The molecule has 0 N–H and O–H groups in total. The minimum absolute atomic E-state index is 0.468. The summed E-state index contributed by atoms with van der Waals surface area (Å²) in [4.78, 5) is 4.79. The van der Waals surface area contributed by atoms with Crippen LogP contribution in [0.25, 0.3) is 0 Å². The molecule has 0 aliphatic carbocycles. The SMILES string of the molecule is Cc1ccc(C2N(C)CCN2C)cc1. The summed E-state index contributed by atoms with van der Waals surface area (Å²) in [6, 6.07) is 8.85. The van der Waals surface area contributed by atoms with Gasteiger partial charge in [0.2, 0.25) is 0 Å². The fraction of sp³-hybridized carbons (Fsp3) is 0.500. The van der Waals surface area contributed by atoms with Gasteiger partial charge in [0.1, 0.15) is 0 Å². The largest absolute Gasteiger partial charge is 0.286 e. The summed E-state index contributed by atoms with van der Waals surface area (Å²) in [5.41, 5.74) is 2.73. The van der Waals surface area contributed by atoms with Crippen molar-refractivity contribution in [1.82, 2.24) is 9.80 Å². The lowest BCUT2D eigenvalue weighted by Gasteiger charge is -2.25. The van der Waals surface area contributed by atoms with Gasteiger partial charge >= 0.3 is 0 Å². The molecule has 1 aliphatic heterocycles. The lowest BCUT2D eigenvalue weighted by molar-refractivity contribution is 0.190. The van der Waals surface area contributed by atoms with Crippen molar-refractivity contribution in [2.24, 2.45) is 0 Å². The summed E-state index contributed by atoms with van der Waals surface area (Å²) in [5, 5.41) is 0. The summed E-state index contributed by atoms with van der Waals surface area (Å²) < 4.78 is 0. The van der Waals surface area contributed by atoms with E-state index in [4.69, 9.17) is 0 Å². The number of rotatable bonds is 1. The zero-order valence-corrected chi connectivity index (χ0v) is 9.20. The Hall–Kier alpha value is -0.860. The smallest absolute Gasteiger partial charge is 0.0882 e. The Balaban J connectivity index is 2.25. The quantitative estimate of drug-likeness (QED) is 0.667. The molecule has 1 aromatic carbocycles. The first-order valence-electron chi connectivity index (χ1n) is 5.15. The molecule has 1 fully saturated rings. The Labute approximate surface area is 86.1 Å². The zero-order valence-electron chi connectivity index (χ0n) is 9.20.